The minimum absolute atomic E-state index is 0.0691. The zero-order valence-electron chi connectivity index (χ0n) is 20.3. The van der Waals surface area contributed by atoms with Crippen molar-refractivity contribution in [2.75, 3.05) is 31.9 Å². The number of hydrogen-bond donors (Lipinski definition) is 2. The van der Waals surface area contributed by atoms with Crippen LogP contribution in [0.1, 0.15) is 44.4 Å². The highest BCUT2D eigenvalue weighted by Gasteiger charge is 2.24. The van der Waals surface area contributed by atoms with E-state index in [1.807, 2.05) is 41.0 Å². The molecule has 1 unspecified atom stereocenters. The maximum Gasteiger partial charge on any atom is 0.236 e. The Morgan fingerprint density at radius 1 is 1.25 bits per heavy atom. The Balaban J connectivity index is 1.46. The molecule has 0 aliphatic carbocycles. The number of carbonyl (C=O) groups excluding carboxylic acids is 1. The third kappa shape index (κ3) is 5.77. The van der Waals surface area contributed by atoms with Crippen molar-refractivity contribution in [3.8, 4) is 16.9 Å². The van der Waals surface area contributed by atoms with Gasteiger partial charge in [-0.3, -0.25) is 9.48 Å². The summed E-state index contributed by atoms with van der Waals surface area (Å²) in [7, 11) is 0. The molecule has 1 fully saturated rings. The fourth-order valence-corrected chi connectivity index (χ4v) is 5.07. The standard InChI is InChI=1S/C26H30Cl2FN5O2/c1-3-31-14-24(35)33-10-8-19(9-11-33)34-15-18(13-32-34)17-4-7-22(30)23(12-17)36-16(2)25-20(27)5-6-21(29)26(25)28/h4-7,12-13,15-16,19,31H,3,8-11,14,30H2,1-2H3. The Kier molecular flexibility index (Phi) is 8.39. The van der Waals surface area contributed by atoms with E-state index in [4.69, 9.17) is 33.7 Å². The lowest BCUT2D eigenvalue weighted by Crippen LogP contribution is -2.43. The molecule has 36 heavy (non-hydrogen) atoms. The van der Waals surface area contributed by atoms with E-state index in [2.05, 4.69) is 10.4 Å². The summed E-state index contributed by atoms with van der Waals surface area (Å²) in [6.07, 6.45) is 4.88. The molecule has 1 aliphatic rings. The zero-order chi connectivity index (χ0) is 25.8. The molecule has 1 amide bonds. The van der Waals surface area contributed by atoms with Gasteiger partial charge in [-0.1, -0.05) is 36.2 Å². The Labute approximate surface area is 220 Å². The monoisotopic (exact) mass is 533 g/mol. The van der Waals surface area contributed by atoms with Crippen LogP contribution >= 0.6 is 23.2 Å². The van der Waals surface area contributed by atoms with Crippen molar-refractivity contribution in [1.82, 2.24) is 20.0 Å². The predicted molar refractivity (Wildman–Crippen MR) is 141 cm³/mol. The summed E-state index contributed by atoms with van der Waals surface area (Å²) in [5, 5.41) is 7.92. The lowest BCUT2D eigenvalue weighted by atomic mass is 10.0. The summed E-state index contributed by atoms with van der Waals surface area (Å²) < 4.78 is 22.0. The van der Waals surface area contributed by atoms with Gasteiger partial charge in [-0.25, -0.2) is 4.39 Å². The van der Waals surface area contributed by atoms with Gasteiger partial charge >= 0.3 is 0 Å². The van der Waals surface area contributed by atoms with Crippen LogP contribution in [0.5, 0.6) is 5.75 Å². The summed E-state index contributed by atoms with van der Waals surface area (Å²) >= 11 is 12.4. The van der Waals surface area contributed by atoms with Gasteiger partial charge < -0.3 is 20.7 Å². The van der Waals surface area contributed by atoms with Crippen molar-refractivity contribution < 1.29 is 13.9 Å². The number of anilines is 1. The van der Waals surface area contributed by atoms with Gasteiger partial charge in [0.15, 0.2) is 0 Å². The second kappa shape index (κ2) is 11.5. The first-order valence-corrected chi connectivity index (χ1v) is 12.8. The Bertz CT molecular complexity index is 1230. The Hall–Kier alpha value is -2.81. The van der Waals surface area contributed by atoms with E-state index in [1.165, 1.54) is 12.1 Å². The van der Waals surface area contributed by atoms with E-state index in [-0.39, 0.29) is 17.0 Å². The van der Waals surface area contributed by atoms with Gasteiger partial charge in [0.1, 0.15) is 17.7 Å². The van der Waals surface area contributed by atoms with Crippen LogP contribution in [0.25, 0.3) is 11.1 Å². The highest BCUT2D eigenvalue weighted by atomic mass is 35.5. The first kappa shape index (κ1) is 26.3. The molecule has 2 heterocycles. The van der Waals surface area contributed by atoms with E-state index < -0.39 is 11.9 Å². The second-order valence-electron chi connectivity index (χ2n) is 8.87. The molecule has 0 radical (unpaired) electrons. The Morgan fingerprint density at radius 3 is 2.72 bits per heavy atom. The number of piperidine rings is 1. The van der Waals surface area contributed by atoms with E-state index in [0.29, 0.717) is 41.7 Å². The summed E-state index contributed by atoms with van der Waals surface area (Å²) in [6.45, 7) is 6.32. The lowest BCUT2D eigenvalue weighted by Gasteiger charge is -2.32. The van der Waals surface area contributed by atoms with Crippen molar-refractivity contribution >= 4 is 34.8 Å². The van der Waals surface area contributed by atoms with Crippen molar-refractivity contribution in [3.05, 3.63) is 64.2 Å². The SMILES string of the molecule is CCNCC(=O)N1CCC(n2cc(-c3ccc(N)c(OC(C)c4c(Cl)ccc(F)c4Cl)c3)cn2)CC1. The second-order valence-corrected chi connectivity index (χ2v) is 9.66. The maximum atomic E-state index is 14.0. The lowest BCUT2D eigenvalue weighted by molar-refractivity contribution is -0.131. The van der Waals surface area contributed by atoms with Crippen LogP contribution in [-0.2, 0) is 4.79 Å². The van der Waals surface area contributed by atoms with Crippen LogP contribution in [-0.4, -0.2) is 46.8 Å². The number of likely N-dealkylation sites (N-methyl/N-ethyl adjacent to an activating group) is 1. The first-order chi connectivity index (χ1) is 17.3. The van der Waals surface area contributed by atoms with Crippen molar-refractivity contribution in [2.45, 2.75) is 38.8 Å². The number of likely N-dealkylation sites (tertiary alicyclic amines) is 1. The molecule has 0 bridgehead atoms. The first-order valence-electron chi connectivity index (χ1n) is 12.0. The fourth-order valence-electron chi connectivity index (χ4n) is 4.39. The topological polar surface area (TPSA) is 85.4 Å². The minimum Gasteiger partial charge on any atom is -0.484 e. The van der Waals surface area contributed by atoms with Gasteiger partial charge in [-0.05, 0) is 56.1 Å². The van der Waals surface area contributed by atoms with Crippen LogP contribution in [0, 0.1) is 5.82 Å². The van der Waals surface area contributed by atoms with Gasteiger partial charge in [0.2, 0.25) is 5.91 Å². The molecular formula is C26H30Cl2FN5O2. The molecule has 4 rings (SSSR count). The smallest absolute Gasteiger partial charge is 0.236 e. The van der Waals surface area contributed by atoms with E-state index in [9.17, 15) is 9.18 Å². The number of nitrogens with zero attached hydrogens (tertiary/aromatic N) is 3. The molecule has 2 aromatic carbocycles. The number of nitrogens with two attached hydrogens (primary N) is 1. The van der Waals surface area contributed by atoms with Crippen molar-refractivity contribution in [1.29, 1.82) is 0 Å². The number of amides is 1. The van der Waals surface area contributed by atoms with Gasteiger partial charge in [0.25, 0.3) is 0 Å². The molecule has 3 N–H and O–H groups in total. The minimum atomic E-state index is -0.624. The van der Waals surface area contributed by atoms with Gasteiger partial charge in [0.05, 0.1) is 29.5 Å². The number of benzene rings is 2. The van der Waals surface area contributed by atoms with E-state index >= 15 is 0 Å². The molecule has 7 nitrogen and oxygen atoms in total. The fraction of sp³-hybridized carbons (Fsp3) is 0.385. The molecule has 1 aromatic heterocycles. The molecule has 0 spiro atoms. The van der Waals surface area contributed by atoms with Crippen molar-refractivity contribution in [2.24, 2.45) is 0 Å². The number of carbonyl (C=O) groups is 1. The molecule has 3 aromatic rings. The van der Waals surface area contributed by atoms with Gasteiger partial charge in [0, 0.05) is 35.4 Å². The van der Waals surface area contributed by atoms with Crippen LogP contribution in [0.2, 0.25) is 10.0 Å². The third-order valence-electron chi connectivity index (χ3n) is 6.46. The number of rotatable bonds is 8. The summed E-state index contributed by atoms with van der Waals surface area (Å²) in [4.78, 5) is 14.2. The average Bonchev–Trinajstić information content (AvgIpc) is 3.37. The van der Waals surface area contributed by atoms with Crippen molar-refractivity contribution in [3.63, 3.8) is 0 Å². The Morgan fingerprint density at radius 2 is 2.00 bits per heavy atom. The molecule has 0 saturated carbocycles. The summed E-state index contributed by atoms with van der Waals surface area (Å²) in [5.41, 5.74) is 8.77. The third-order valence-corrected chi connectivity index (χ3v) is 7.17. The zero-order valence-corrected chi connectivity index (χ0v) is 21.8. The number of nitrogens with one attached hydrogen (secondary N) is 1. The highest BCUT2D eigenvalue weighted by molar-refractivity contribution is 6.36. The average molecular weight is 534 g/mol. The molecular weight excluding hydrogens is 504 g/mol. The molecule has 1 atom stereocenters. The normalized spacial score (nSPS) is 15.2. The molecule has 1 saturated heterocycles. The van der Waals surface area contributed by atoms with Crippen LogP contribution < -0.4 is 15.8 Å². The molecule has 10 heteroatoms. The quantitative estimate of drug-likeness (QED) is 0.295. The largest absolute Gasteiger partial charge is 0.484 e. The van der Waals surface area contributed by atoms with Gasteiger partial charge in [-0.15, -0.1) is 0 Å². The number of hydrogen-bond acceptors (Lipinski definition) is 5. The van der Waals surface area contributed by atoms with Crippen LogP contribution in [0.3, 0.4) is 0 Å². The van der Waals surface area contributed by atoms with Gasteiger partial charge in [-0.2, -0.15) is 5.10 Å². The van der Waals surface area contributed by atoms with E-state index in [0.717, 1.165) is 30.5 Å². The van der Waals surface area contributed by atoms with Crippen LogP contribution in [0.15, 0.2) is 42.7 Å². The number of aromatic nitrogens is 2. The summed E-state index contributed by atoms with van der Waals surface area (Å²) in [6, 6.07) is 8.39. The maximum absolute atomic E-state index is 14.0. The van der Waals surface area contributed by atoms with Crippen LogP contribution in [0.4, 0.5) is 10.1 Å². The summed E-state index contributed by atoms with van der Waals surface area (Å²) in [5.74, 6) is 0.0195. The number of nitrogen functional groups attached to an aromatic ring is 1. The molecule has 192 valence electrons. The predicted octanol–water partition coefficient (Wildman–Crippen LogP) is 5.49. The molecule has 1 aliphatic heterocycles. The number of ether oxygens (including phenoxy) is 1. The number of halogens is 3. The van der Waals surface area contributed by atoms with E-state index in [1.54, 1.807) is 13.0 Å². The highest BCUT2D eigenvalue weighted by Crippen LogP contribution is 2.37.